The Labute approximate surface area is 137 Å². The average molecular weight is 339 g/mol. The summed E-state index contributed by atoms with van der Waals surface area (Å²) in [6.07, 6.45) is 17.1. The van der Waals surface area contributed by atoms with E-state index < -0.39 is 10.1 Å². The van der Waals surface area contributed by atoms with E-state index in [4.69, 9.17) is 4.55 Å². The Balaban J connectivity index is 3.03. The zero-order chi connectivity index (χ0) is 15.8. The lowest BCUT2D eigenvalue weighted by atomic mass is 10.0. The fraction of sp³-hybridized carbons (Fsp3) is 1.00. The molecule has 0 unspecified atom stereocenters. The minimum absolute atomic E-state index is 0.0823. The van der Waals surface area contributed by atoms with E-state index in [1.165, 1.54) is 70.6 Å². The molecule has 0 amide bonds. The summed E-state index contributed by atoms with van der Waals surface area (Å²) in [4.78, 5) is 0. The van der Waals surface area contributed by atoms with Crippen LogP contribution in [0.25, 0.3) is 0 Å². The summed E-state index contributed by atoms with van der Waals surface area (Å²) in [5.74, 6) is 0.941. The highest BCUT2D eigenvalue weighted by Gasteiger charge is 2.02. The maximum atomic E-state index is 10.5. The second-order valence-corrected chi connectivity index (χ2v) is 7.98. The van der Waals surface area contributed by atoms with Crippen LogP contribution in [0.5, 0.6) is 0 Å². The normalized spacial score (nSPS) is 11.9. The standard InChI is InChI=1S/C16H34O3S2/c17-21(18,19)16-14-12-10-8-6-4-2-1-3-5-7-9-11-13-15-20/h20H,1-16H2,(H,17,18,19). The van der Waals surface area contributed by atoms with Crippen molar-refractivity contribution in [2.24, 2.45) is 0 Å². The summed E-state index contributed by atoms with van der Waals surface area (Å²) in [6.45, 7) is 0. The molecule has 0 atom stereocenters. The van der Waals surface area contributed by atoms with Crippen LogP contribution < -0.4 is 0 Å². The van der Waals surface area contributed by atoms with Gasteiger partial charge in [0.25, 0.3) is 10.1 Å². The van der Waals surface area contributed by atoms with Gasteiger partial charge in [0, 0.05) is 0 Å². The first-order valence-electron chi connectivity index (χ1n) is 8.62. The predicted molar refractivity (Wildman–Crippen MR) is 94.9 cm³/mol. The van der Waals surface area contributed by atoms with Crippen molar-refractivity contribution in [3.05, 3.63) is 0 Å². The Morgan fingerprint density at radius 2 is 0.857 bits per heavy atom. The summed E-state index contributed by atoms with van der Waals surface area (Å²) >= 11 is 4.21. The second-order valence-electron chi connectivity index (χ2n) is 5.96. The molecule has 0 heterocycles. The number of unbranched alkanes of at least 4 members (excludes halogenated alkanes) is 13. The fourth-order valence-electron chi connectivity index (χ4n) is 2.52. The molecule has 0 aromatic carbocycles. The van der Waals surface area contributed by atoms with Gasteiger partial charge in [-0.05, 0) is 18.6 Å². The molecule has 0 saturated heterocycles. The quantitative estimate of drug-likeness (QED) is 0.229. The van der Waals surface area contributed by atoms with E-state index in [0.717, 1.165) is 18.6 Å². The second kappa shape index (κ2) is 15.2. The number of hydrogen-bond acceptors (Lipinski definition) is 3. The number of hydrogen-bond donors (Lipinski definition) is 2. The van der Waals surface area contributed by atoms with E-state index in [1.807, 2.05) is 0 Å². The van der Waals surface area contributed by atoms with Crippen LogP contribution in [0, 0.1) is 0 Å². The molecule has 0 aliphatic carbocycles. The Morgan fingerprint density at radius 3 is 1.14 bits per heavy atom. The molecule has 128 valence electrons. The Morgan fingerprint density at radius 1 is 0.571 bits per heavy atom. The van der Waals surface area contributed by atoms with E-state index in [2.05, 4.69) is 12.6 Å². The lowest BCUT2D eigenvalue weighted by molar-refractivity contribution is 0.478. The molecule has 0 aliphatic heterocycles. The molecule has 0 saturated carbocycles. The molecule has 0 bridgehead atoms. The van der Waals surface area contributed by atoms with Crippen molar-refractivity contribution >= 4 is 22.7 Å². The van der Waals surface area contributed by atoms with Gasteiger partial charge in [0.15, 0.2) is 0 Å². The molecule has 0 radical (unpaired) electrons. The molecule has 5 heteroatoms. The van der Waals surface area contributed by atoms with E-state index in [1.54, 1.807) is 0 Å². The van der Waals surface area contributed by atoms with Crippen molar-refractivity contribution in [3.63, 3.8) is 0 Å². The van der Waals surface area contributed by atoms with E-state index >= 15 is 0 Å². The smallest absolute Gasteiger partial charge is 0.264 e. The molecule has 0 fully saturated rings. The Hall–Kier alpha value is 0.260. The van der Waals surface area contributed by atoms with E-state index in [-0.39, 0.29) is 5.75 Å². The van der Waals surface area contributed by atoms with Crippen molar-refractivity contribution in [2.45, 2.75) is 89.9 Å². The summed E-state index contributed by atoms with van der Waals surface area (Å²) in [5, 5.41) is 0. The highest BCUT2D eigenvalue weighted by molar-refractivity contribution is 7.85. The van der Waals surface area contributed by atoms with Crippen molar-refractivity contribution < 1.29 is 13.0 Å². The first-order valence-corrected chi connectivity index (χ1v) is 10.9. The van der Waals surface area contributed by atoms with Crippen LogP contribution >= 0.6 is 12.6 Å². The first-order chi connectivity index (χ1) is 10.1. The van der Waals surface area contributed by atoms with Crippen LogP contribution in [0.15, 0.2) is 0 Å². The molecule has 0 spiro atoms. The lowest BCUT2D eigenvalue weighted by Crippen LogP contribution is -2.03. The van der Waals surface area contributed by atoms with Gasteiger partial charge < -0.3 is 0 Å². The van der Waals surface area contributed by atoms with E-state index in [9.17, 15) is 8.42 Å². The van der Waals surface area contributed by atoms with Crippen molar-refractivity contribution in [1.82, 2.24) is 0 Å². The third-order valence-electron chi connectivity index (χ3n) is 3.81. The fourth-order valence-corrected chi connectivity index (χ4v) is 3.31. The topological polar surface area (TPSA) is 54.4 Å². The van der Waals surface area contributed by atoms with Crippen LogP contribution in [0.2, 0.25) is 0 Å². The number of rotatable bonds is 16. The molecule has 0 aromatic heterocycles. The summed E-state index contributed by atoms with van der Waals surface area (Å²) in [6, 6.07) is 0. The van der Waals surface area contributed by atoms with Crippen LogP contribution in [-0.4, -0.2) is 24.5 Å². The van der Waals surface area contributed by atoms with Gasteiger partial charge in [-0.25, -0.2) is 0 Å². The molecule has 21 heavy (non-hydrogen) atoms. The monoisotopic (exact) mass is 338 g/mol. The van der Waals surface area contributed by atoms with E-state index in [0.29, 0.717) is 6.42 Å². The van der Waals surface area contributed by atoms with Gasteiger partial charge in [0.2, 0.25) is 0 Å². The first kappa shape index (κ1) is 21.3. The minimum Gasteiger partial charge on any atom is -0.286 e. The van der Waals surface area contributed by atoms with Gasteiger partial charge in [-0.1, -0.05) is 77.0 Å². The van der Waals surface area contributed by atoms with Gasteiger partial charge in [0.1, 0.15) is 0 Å². The van der Waals surface area contributed by atoms with Gasteiger partial charge in [0.05, 0.1) is 5.75 Å². The van der Waals surface area contributed by atoms with Crippen molar-refractivity contribution in [1.29, 1.82) is 0 Å². The summed E-state index contributed by atoms with van der Waals surface area (Å²) in [5.41, 5.74) is 0. The molecule has 1 N–H and O–H groups in total. The molecular formula is C16H34O3S2. The maximum absolute atomic E-state index is 10.5. The zero-order valence-electron chi connectivity index (χ0n) is 13.4. The molecule has 0 aliphatic rings. The Kier molecular flexibility index (Phi) is 15.4. The molecule has 0 rings (SSSR count). The van der Waals surface area contributed by atoms with Crippen LogP contribution in [0.1, 0.15) is 89.9 Å². The third-order valence-corrected chi connectivity index (χ3v) is 4.93. The third kappa shape index (κ3) is 20.3. The van der Waals surface area contributed by atoms with Crippen LogP contribution in [-0.2, 0) is 10.1 Å². The van der Waals surface area contributed by atoms with Crippen molar-refractivity contribution in [2.75, 3.05) is 11.5 Å². The maximum Gasteiger partial charge on any atom is 0.264 e. The predicted octanol–water partition coefficient (Wildman–Crippen LogP) is 5.27. The number of thiol groups is 1. The summed E-state index contributed by atoms with van der Waals surface area (Å²) in [7, 11) is -3.75. The lowest BCUT2D eigenvalue weighted by Gasteiger charge is -2.03. The largest absolute Gasteiger partial charge is 0.286 e. The molecule has 3 nitrogen and oxygen atoms in total. The summed E-state index contributed by atoms with van der Waals surface area (Å²) < 4.78 is 29.6. The highest BCUT2D eigenvalue weighted by Crippen LogP contribution is 2.13. The SMILES string of the molecule is O=S(=O)(O)CCCCCCCCCCCCCCCCS. The zero-order valence-corrected chi connectivity index (χ0v) is 15.1. The minimum atomic E-state index is -3.75. The average Bonchev–Trinajstić information content (AvgIpc) is 2.42. The van der Waals surface area contributed by atoms with Gasteiger partial charge in [-0.2, -0.15) is 21.0 Å². The van der Waals surface area contributed by atoms with Crippen molar-refractivity contribution in [3.8, 4) is 0 Å². The van der Waals surface area contributed by atoms with Crippen LogP contribution in [0.3, 0.4) is 0 Å². The van der Waals surface area contributed by atoms with Gasteiger partial charge in [-0.3, -0.25) is 4.55 Å². The highest BCUT2D eigenvalue weighted by atomic mass is 32.2. The van der Waals surface area contributed by atoms with Gasteiger partial charge in [-0.15, -0.1) is 0 Å². The van der Waals surface area contributed by atoms with Crippen LogP contribution in [0.4, 0.5) is 0 Å². The molecular weight excluding hydrogens is 304 g/mol. The van der Waals surface area contributed by atoms with Gasteiger partial charge >= 0.3 is 0 Å². The molecule has 0 aromatic rings. The Bertz CT molecular complexity index is 303.